The molecular formula is C24H21FN4O3. The van der Waals surface area contributed by atoms with Gasteiger partial charge in [0.2, 0.25) is 0 Å². The Morgan fingerprint density at radius 1 is 1.06 bits per heavy atom. The third kappa shape index (κ3) is 3.29. The largest absolute Gasteiger partial charge is 0.394 e. The molecule has 5 rings (SSSR count). The third-order valence-corrected chi connectivity index (χ3v) is 6.15. The zero-order valence-electron chi connectivity index (χ0n) is 17.1. The molecule has 2 aliphatic rings. The summed E-state index contributed by atoms with van der Waals surface area (Å²) in [7, 11) is 0. The number of pyridine rings is 1. The normalized spacial score (nSPS) is 21.2. The second-order valence-corrected chi connectivity index (χ2v) is 7.88. The molecule has 8 heteroatoms. The quantitative estimate of drug-likeness (QED) is 0.665. The summed E-state index contributed by atoms with van der Waals surface area (Å²) in [5, 5.41) is 12.9. The van der Waals surface area contributed by atoms with Crippen molar-refractivity contribution in [1.82, 2.24) is 9.88 Å². The number of aliphatic hydroxyl groups excluding tert-OH is 1. The number of hydrogen-bond acceptors (Lipinski definition) is 4. The Hall–Kier alpha value is -3.78. The van der Waals surface area contributed by atoms with E-state index in [1.54, 1.807) is 34.2 Å². The molecule has 1 aromatic heterocycles. The van der Waals surface area contributed by atoms with Crippen LogP contribution in [0.25, 0.3) is 0 Å². The van der Waals surface area contributed by atoms with Gasteiger partial charge in [0, 0.05) is 30.0 Å². The zero-order valence-corrected chi connectivity index (χ0v) is 17.1. The van der Waals surface area contributed by atoms with Crippen molar-refractivity contribution >= 4 is 23.3 Å². The van der Waals surface area contributed by atoms with Crippen molar-refractivity contribution in [3.8, 4) is 0 Å². The van der Waals surface area contributed by atoms with Crippen molar-refractivity contribution < 1.29 is 19.1 Å². The van der Waals surface area contributed by atoms with Crippen LogP contribution in [0.3, 0.4) is 0 Å². The highest BCUT2D eigenvalue weighted by Crippen LogP contribution is 2.48. The molecule has 0 spiro atoms. The first-order valence-electron chi connectivity index (χ1n) is 10.4. The molecule has 0 bridgehead atoms. The van der Waals surface area contributed by atoms with Gasteiger partial charge in [-0.2, -0.15) is 0 Å². The molecule has 3 atom stereocenters. The van der Waals surface area contributed by atoms with Gasteiger partial charge in [-0.25, -0.2) is 9.18 Å². The number of urea groups is 1. The fourth-order valence-corrected chi connectivity index (χ4v) is 4.70. The van der Waals surface area contributed by atoms with E-state index in [2.05, 4.69) is 10.3 Å². The van der Waals surface area contributed by atoms with Crippen LogP contribution in [0.4, 0.5) is 20.6 Å². The van der Waals surface area contributed by atoms with Gasteiger partial charge in [-0.05, 0) is 48.0 Å². The Kier molecular flexibility index (Phi) is 5.07. The molecule has 3 heterocycles. The smallest absolute Gasteiger partial charge is 0.326 e. The van der Waals surface area contributed by atoms with Crippen molar-refractivity contribution in [2.45, 2.75) is 18.0 Å². The van der Waals surface area contributed by atoms with E-state index in [0.29, 0.717) is 11.4 Å². The number of nitrogens with zero attached hydrogens (tertiary/aromatic N) is 3. The minimum Gasteiger partial charge on any atom is -0.394 e. The third-order valence-electron chi connectivity index (χ3n) is 6.15. The van der Waals surface area contributed by atoms with E-state index in [1.807, 2.05) is 24.3 Å². The molecule has 1 saturated heterocycles. The molecule has 162 valence electrons. The first-order valence-corrected chi connectivity index (χ1v) is 10.4. The molecule has 3 aromatic rings. The number of carbonyl (C=O) groups is 2. The van der Waals surface area contributed by atoms with E-state index in [1.165, 1.54) is 24.3 Å². The minimum absolute atomic E-state index is 0.0845. The molecule has 0 radical (unpaired) electrons. The van der Waals surface area contributed by atoms with Crippen molar-refractivity contribution in [1.29, 1.82) is 0 Å². The number of benzene rings is 2. The van der Waals surface area contributed by atoms with Crippen LogP contribution in [0.15, 0.2) is 72.9 Å². The molecule has 2 aromatic carbocycles. The topological polar surface area (TPSA) is 85.8 Å². The van der Waals surface area contributed by atoms with E-state index >= 15 is 0 Å². The molecular weight excluding hydrogens is 411 g/mol. The maximum Gasteiger partial charge on any atom is 0.326 e. The maximum absolute atomic E-state index is 13.2. The molecule has 1 fully saturated rings. The van der Waals surface area contributed by atoms with Gasteiger partial charge in [0.1, 0.15) is 11.5 Å². The molecule has 0 aliphatic carbocycles. The number of para-hydroxylation sites is 1. The van der Waals surface area contributed by atoms with Gasteiger partial charge in [0.25, 0.3) is 5.91 Å². The van der Waals surface area contributed by atoms with Gasteiger partial charge in [-0.15, -0.1) is 0 Å². The summed E-state index contributed by atoms with van der Waals surface area (Å²) in [6.45, 7) is 0.0830. The summed E-state index contributed by atoms with van der Waals surface area (Å²) >= 11 is 0. The summed E-state index contributed by atoms with van der Waals surface area (Å²) in [6.07, 6.45) is 1.55. The number of rotatable bonds is 3. The highest BCUT2D eigenvalue weighted by atomic mass is 19.1. The number of halogens is 1. The fourth-order valence-electron chi connectivity index (χ4n) is 4.70. The van der Waals surface area contributed by atoms with Crippen LogP contribution in [-0.2, 0) is 0 Å². The van der Waals surface area contributed by atoms with Crippen LogP contribution in [0.2, 0.25) is 0 Å². The number of anilines is 2. The van der Waals surface area contributed by atoms with Crippen LogP contribution in [0.5, 0.6) is 0 Å². The number of fused-ring (bicyclic) bond motifs is 3. The van der Waals surface area contributed by atoms with Crippen molar-refractivity contribution in [3.05, 3.63) is 90.0 Å². The Morgan fingerprint density at radius 2 is 1.81 bits per heavy atom. The fraction of sp³-hybridized carbons (Fsp3) is 0.208. The van der Waals surface area contributed by atoms with Gasteiger partial charge < -0.3 is 15.3 Å². The predicted octanol–water partition coefficient (Wildman–Crippen LogP) is 3.24. The Bertz CT molecular complexity index is 1160. The van der Waals surface area contributed by atoms with E-state index in [9.17, 15) is 19.1 Å². The average molecular weight is 432 g/mol. The lowest BCUT2D eigenvalue weighted by molar-refractivity contribution is -0.0245. The number of amides is 3. The molecule has 0 saturated carbocycles. The summed E-state index contributed by atoms with van der Waals surface area (Å²) in [4.78, 5) is 33.7. The summed E-state index contributed by atoms with van der Waals surface area (Å²) in [5.74, 6) is -0.745. The van der Waals surface area contributed by atoms with E-state index in [0.717, 1.165) is 11.3 Å². The van der Waals surface area contributed by atoms with Crippen LogP contribution in [-0.4, -0.2) is 52.2 Å². The molecule has 7 nitrogen and oxygen atoms in total. The number of nitrogens with one attached hydrogen (secondary N) is 1. The van der Waals surface area contributed by atoms with Crippen LogP contribution in [0.1, 0.15) is 22.0 Å². The highest BCUT2D eigenvalue weighted by molar-refractivity contribution is 6.03. The van der Waals surface area contributed by atoms with Gasteiger partial charge in [-0.3, -0.25) is 14.7 Å². The molecule has 32 heavy (non-hydrogen) atoms. The summed E-state index contributed by atoms with van der Waals surface area (Å²) in [5.41, 5.74) is 2.41. The van der Waals surface area contributed by atoms with E-state index in [-0.39, 0.29) is 42.9 Å². The Balaban J connectivity index is 1.46. The number of hydrogen-bond donors (Lipinski definition) is 2. The monoisotopic (exact) mass is 432 g/mol. The van der Waals surface area contributed by atoms with Gasteiger partial charge in [0.15, 0.2) is 0 Å². The molecule has 2 aliphatic heterocycles. The number of carbonyl (C=O) groups excluding carboxylic acids is 2. The SMILES string of the molecule is O=C(Nc1ccc(F)cc1)N1C[C@H]2[C@@H](c3ccccc31)[C@@H](CO)N2C(=O)c1ccccn1. The van der Waals surface area contributed by atoms with Crippen LogP contribution in [0, 0.1) is 5.82 Å². The number of likely N-dealkylation sites (tertiary alicyclic amines) is 1. The summed E-state index contributed by atoms with van der Waals surface area (Å²) in [6, 6.07) is 17.1. The predicted molar refractivity (Wildman–Crippen MR) is 117 cm³/mol. The first-order chi connectivity index (χ1) is 15.6. The van der Waals surface area contributed by atoms with Gasteiger partial charge >= 0.3 is 6.03 Å². The second-order valence-electron chi connectivity index (χ2n) is 7.88. The zero-order chi connectivity index (χ0) is 22.2. The van der Waals surface area contributed by atoms with Crippen LogP contribution < -0.4 is 10.2 Å². The lowest BCUT2D eigenvalue weighted by Gasteiger charge is -2.58. The van der Waals surface area contributed by atoms with Crippen molar-refractivity contribution in [2.75, 3.05) is 23.4 Å². The van der Waals surface area contributed by atoms with E-state index < -0.39 is 6.04 Å². The average Bonchev–Trinajstić information content (AvgIpc) is 2.81. The summed E-state index contributed by atoms with van der Waals surface area (Å²) < 4.78 is 13.2. The van der Waals surface area contributed by atoms with Crippen molar-refractivity contribution in [3.63, 3.8) is 0 Å². The number of aliphatic hydroxyl groups is 1. The van der Waals surface area contributed by atoms with Crippen molar-refractivity contribution in [2.24, 2.45) is 0 Å². The molecule has 0 unspecified atom stereocenters. The first kappa shape index (κ1) is 20.1. The van der Waals surface area contributed by atoms with Crippen LogP contribution >= 0.6 is 0 Å². The maximum atomic E-state index is 13.2. The molecule has 3 amide bonds. The van der Waals surface area contributed by atoms with Gasteiger partial charge in [0.05, 0.1) is 18.7 Å². The van der Waals surface area contributed by atoms with E-state index in [4.69, 9.17) is 0 Å². The standard InChI is InChI=1S/C24H21FN4O3/c25-15-8-10-16(11-9-15)27-24(32)28-13-20-22(17-5-1-2-7-19(17)28)21(14-30)29(20)23(31)18-6-3-4-12-26-18/h1-12,20-22,30H,13-14H2,(H,27,32)/t20-,21+,22+/m0/s1. The molecule has 2 N–H and O–H groups in total. The Labute approximate surface area is 184 Å². The minimum atomic E-state index is -0.391. The van der Waals surface area contributed by atoms with Gasteiger partial charge in [-0.1, -0.05) is 24.3 Å². The Morgan fingerprint density at radius 3 is 2.53 bits per heavy atom. The second kappa shape index (κ2) is 8.05. The highest BCUT2D eigenvalue weighted by Gasteiger charge is 2.55. The lowest BCUT2D eigenvalue weighted by Crippen LogP contribution is -2.71. The number of aromatic nitrogens is 1. The lowest BCUT2D eigenvalue weighted by atomic mass is 9.72.